The number of carbonyl (C=O) groups is 1. The zero-order chi connectivity index (χ0) is 26.3. The van der Waals surface area contributed by atoms with Gasteiger partial charge in [-0.1, -0.05) is 66.2 Å². The summed E-state index contributed by atoms with van der Waals surface area (Å²) >= 11 is 7.92. The van der Waals surface area contributed by atoms with E-state index in [1.807, 2.05) is 30.3 Å². The van der Waals surface area contributed by atoms with Crippen LogP contribution >= 0.6 is 23.4 Å². The van der Waals surface area contributed by atoms with Crippen LogP contribution < -0.4 is 4.74 Å². The van der Waals surface area contributed by atoms with Crippen LogP contribution in [-0.4, -0.2) is 23.4 Å². The van der Waals surface area contributed by atoms with Gasteiger partial charge in [-0.25, -0.2) is 4.79 Å². The van der Waals surface area contributed by atoms with Crippen molar-refractivity contribution in [3.8, 4) is 28.4 Å². The highest BCUT2D eigenvalue weighted by Gasteiger charge is 2.10. The van der Waals surface area contributed by atoms with Crippen LogP contribution in [0.15, 0.2) is 123 Å². The average molecular weight is 543 g/mol. The summed E-state index contributed by atoms with van der Waals surface area (Å²) in [6.45, 7) is -0.435. The molecule has 0 fully saturated rings. The standard InChI is InChI=1S/C31H23ClO5S/c32-27-19-25(13-14-30(27)37-20-31(33)34)38-18-15-26(21-5-9-23(10-6-21)28-3-1-16-35-28)22-7-11-24(12-8-22)29-4-2-17-36-29/h1-17,19H,18,20H2,(H,33,34). The van der Waals surface area contributed by atoms with E-state index in [2.05, 4.69) is 54.6 Å². The molecule has 0 aliphatic rings. The highest BCUT2D eigenvalue weighted by Crippen LogP contribution is 2.33. The number of aliphatic carboxylic acids is 1. The summed E-state index contributed by atoms with van der Waals surface area (Å²) in [5.41, 5.74) is 5.30. The van der Waals surface area contributed by atoms with E-state index in [0.717, 1.165) is 44.2 Å². The van der Waals surface area contributed by atoms with Gasteiger partial charge >= 0.3 is 5.97 Å². The maximum Gasteiger partial charge on any atom is 0.341 e. The first-order valence-electron chi connectivity index (χ1n) is 11.8. The smallest absolute Gasteiger partial charge is 0.341 e. The van der Waals surface area contributed by atoms with Gasteiger partial charge in [0.05, 0.1) is 17.5 Å². The van der Waals surface area contributed by atoms with Crippen LogP contribution in [-0.2, 0) is 4.79 Å². The number of rotatable bonds is 10. The van der Waals surface area contributed by atoms with E-state index in [1.165, 1.54) is 0 Å². The summed E-state index contributed by atoms with van der Waals surface area (Å²) in [5, 5.41) is 9.19. The first-order valence-corrected chi connectivity index (χ1v) is 13.2. The number of hydrogen-bond donors (Lipinski definition) is 1. The molecule has 2 heterocycles. The van der Waals surface area contributed by atoms with Gasteiger partial charge in [-0.15, -0.1) is 11.8 Å². The minimum absolute atomic E-state index is 0.350. The Bertz CT molecular complexity index is 1440. The lowest BCUT2D eigenvalue weighted by Gasteiger charge is -2.11. The Morgan fingerprint density at radius 1 is 0.842 bits per heavy atom. The van der Waals surface area contributed by atoms with E-state index in [-0.39, 0.29) is 0 Å². The fourth-order valence-electron chi connectivity index (χ4n) is 3.97. The van der Waals surface area contributed by atoms with Crippen molar-refractivity contribution >= 4 is 34.9 Å². The van der Waals surface area contributed by atoms with Gasteiger partial charge in [-0.2, -0.15) is 0 Å². The predicted molar refractivity (Wildman–Crippen MR) is 151 cm³/mol. The summed E-state index contributed by atoms with van der Waals surface area (Å²) in [7, 11) is 0. The molecular weight excluding hydrogens is 520 g/mol. The van der Waals surface area contributed by atoms with Crippen LogP contribution in [0.4, 0.5) is 0 Å². The van der Waals surface area contributed by atoms with Crippen LogP contribution in [0.1, 0.15) is 11.1 Å². The zero-order valence-corrected chi connectivity index (χ0v) is 21.7. The Hall–Kier alpha value is -4.13. The van der Waals surface area contributed by atoms with Crippen LogP contribution in [0.2, 0.25) is 5.02 Å². The van der Waals surface area contributed by atoms with E-state index >= 15 is 0 Å². The van der Waals surface area contributed by atoms with E-state index in [0.29, 0.717) is 16.5 Å². The number of carboxylic acids is 1. The maximum absolute atomic E-state index is 10.8. The van der Waals surface area contributed by atoms with E-state index < -0.39 is 12.6 Å². The number of benzene rings is 3. The molecule has 0 radical (unpaired) electrons. The van der Waals surface area contributed by atoms with Crippen molar-refractivity contribution in [1.29, 1.82) is 0 Å². The monoisotopic (exact) mass is 542 g/mol. The SMILES string of the molecule is O=C(O)COc1ccc(SCC=C(c2ccc(-c3ccco3)cc2)c2ccc(-c3ccco3)cc2)cc1Cl. The van der Waals surface area contributed by atoms with Crippen molar-refractivity contribution in [1.82, 2.24) is 0 Å². The van der Waals surface area contributed by atoms with Crippen molar-refractivity contribution in [3.63, 3.8) is 0 Å². The van der Waals surface area contributed by atoms with Gasteiger partial charge in [-0.3, -0.25) is 0 Å². The lowest BCUT2D eigenvalue weighted by Crippen LogP contribution is -2.09. The number of furan rings is 2. The minimum atomic E-state index is -1.05. The second kappa shape index (κ2) is 11.9. The Morgan fingerprint density at radius 3 is 1.89 bits per heavy atom. The molecule has 0 atom stereocenters. The third-order valence-corrected chi connectivity index (χ3v) is 7.01. The van der Waals surface area contributed by atoms with Crippen molar-refractivity contribution in [2.24, 2.45) is 0 Å². The normalized spacial score (nSPS) is 10.8. The van der Waals surface area contributed by atoms with Crippen molar-refractivity contribution in [2.75, 3.05) is 12.4 Å². The molecule has 0 amide bonds. The second-order valence-electron chi connectivity index (χ2n) is 8.31. The number of hydrogen-bond acceptors (Lipinski definition) is 5. The van der Waals surface area contributed by atoms with Crippen molar-refractivity contribution < 1.29 is 23.5 Å². The Labute approximate surface area is 229 Å². The molecule has 0 saturated heterocycles. The molecule has 5 nitrogen and oxygen atoms in total. The summed E-state index contributed by atoms with van der Waals surface area (Å²) in [4.78, 5) is 11.7. The second-order valence-corrected chi connectivity index (χ2v) is 9.81. The van der Waals surface area contributed by atoms with Crippen molar-refractivity contribution in [3.05, 3.63) is 126 Å². The van der Waals surface area contributed by atoms with Crippen LogP contribution in [0.3, 0.4) is 0 Å². The molecule has 0 saturated carbocycles. The molecule has 1 N–H and O–H groups in total. The predicted octanol–water partition coefficient (Wildman–Crippen LogP) is 8.55. The molecule has 5 rings (SSSR count). The molecule has 0 aliphatic carbocycles. The molecule has 0 unspecified atom stereocenters. The van der Waals surface area contributed by atoms with E-state index in [4.69, 9.17) is 30.3 Å². The van der Waals surface area contributed by atoms with Gasteiger partial charge in [0.15, 0.2) is 6.61 Å². The molecule has 7 heteroatoms. The number of halogens is 1. The Kier molecular flexibility index (Phi) is 8.02. The van der Waals surface area contributed by atoms with Gasteiger partial charge in [-0.05, 0) is 59.2 Å². The molecule has 0 spiro atoms. The van der Waals surface area contributed by atoms with Gasteiger partial charge in [0.25, 0.3) is 0 Å². The van der Waals surface area contributed by atoms with Gasteiger partial charge in [0.2, 0.25) is 0 Å². The van der Waals surface area contributed by atoms with Crippen LogP contribution in [0.5, 0.6) is 5.75 Å². The third-order valence-electron chi connectivity index (χ3n) is 5.80. The summed E-state index contributed by atoms with van der Waals surface area (Å²) in [6.07, 6.45) is 5.53. The number of carboxylic acid groups (broad SMARTS) is 1. The average Bonchev–Trinajstić information content (AvgIpc) is 3.66. The molecule has 2 aromatic heterocycles. The van der Waals surface area contributed by atoms with Gasteiger partial charge < -0.3 is 18.7 Å². The maximum atomic E-state index is 10.8. The number of thioether (sulfide) groups is 1. The lowest BCUT2D eigenvalue weighted by atomic mass is 9.95. The fourth-order valence-corrected chi connectivity index (χ4v) is 5.07. The van der Waals surface area contributed by atoms with E-state index in [9.17, 15) is 4.79 Å². The summed E-state index contributed by atoms with van der Waals surface area (Å²) in [5.74, 6) is 1.65. The van der Waals surface area contributed by atoms with Crippen molar-refractivity contribution in [2.45, 2.75) is 4.90 Å². The highest BCUT2D eigenvalue weighted by molar-refractivity contribution is 7.99. The number of ether oxygens (including phenoxy) is 1. The fraction of sp³-hybridized carbons (Fsp3) is 0.0645. The van der Waals surface area contributed by atoms with Gasteiger partial charge in [0.1, 0.15) is 17.3 Å². The summed E-state index contributed by atoms with van der Waals surface area (Å²) in [6, 6.07) is 29.6. The van der Waals surface area contributed by atoms with Gasteiger partial charge in [0, 0.05) is 21.8 Å². The molecule has 190 valence electrons. The Balaban J connectivity index is 1.38. The highest BCUT2D eigenvalue weighted by atomic mass is 35.5. The Morgan fingerprint density at radius 2 is 1.42 bits per heavy atom. The van der Waals surface area contributed by atoms with Crippen LogP contribution in [0, 0.1) is 0 Å². The minimum Gasteiger partial charge on any atom is -0.480 e. The lowest BCUT2D eigenvalue weighted by molar-refractivity contribution is -0.139. The molecule has 5 aromatic rings. The topological polar surface area (TPSA) is 72.8 Å². The molecule has 3 aromatic carbocycles. The molecule has 38 heavy (non-hydrogen) atoms. The summed E-state index contributed by atoms with van der Waals surface area (Å²) < 4.78 is 16.3. The molecule has 0 bridgehead atoms. The molecular formula is C31H23ClO5S. The van der Waals surface area contributed by atoms with E-state index in [1.54, 1.807) is 36.4 Å². The first-order chi connectivity index (χ1) is 18.6. The third kappa shape index (κ3) is 6.22. The molecule has 0 aliphatic heterocycles. The first kappa shape index (κ1) is 25.5. The van der Waals surface area contributed by atoms with Crippen LogP contribution in [0.25, 0.3) is 28.2 Å². The largest absolute Gasteiger partial charge is 0.480 e. The zero-order valence-electron chi connectivity index (χ0n) is 20.2. The quantitative estimate of drug-likeness (QED) is 0.178.